The van der Waals surface area contributed by atoms with Gasteiger partial charge in [0.25, 0.3) is 0 Å². The maximum Gasteiger partial charge on any atom is 0.340 e. The molecule has 0 amide bonds. The van der Waals surface area contributed by atoms with Gasteiger partial charge in [-0.3, -0.25) is 0 Å². The maximum atomic E-state index is 11.2. The fourth-order valence-electron chi connectivity index (χ4n) is 1.28. The molecule has 0 spiro atoms. The number of ether oxygens (including phenoxy) is 1. The quantitative estimate of drug-likeness (QED) is 0.719. The summed E-state index contributed by atoms with van der Waals surface area (Å²) in [6.45, 7) is 1.22. The third-order valence-electron chi connectivity index (χ3n) is 2.25. The van der Waals surface area contributed by atoms with Crippen LogP contribution in [0.4, 0.5) is 0 Å². The second kappa shape index (κ2) is 4.42. The molecule has 4 heteroatoms. The van der Waals surface area contributed by atoms with Gasteiger partial charge < -0.3 is 14.9 Å². The van der Waals surface area contributed by atoms with E-state index in [1.54, 1.807) is 30.3 Å². The lowest BCUT2D eigenvalue weighted by atomic mass is 9.93. The summed E-state index contributed by atoms with van der Waals surface area (Å²) in [4.78, 5) is 11.2. The van der Waals surface area contributed by atoms with Gasteiger partial charge in [0.2, 0.25) is 0 Å². The lowest BCUT2D eigenvalue weighted by molar-refractivity contribution is -0.172. The standard InChI is InChI=1S/C11H14O4/c1-11(14,10(13)15-2)9(12)8-6-4-3-5-7-8/h3-7,9,12,14H,1-2H3/t9-,11+/m0/s1. The van der Waals surface area contributed by atoms with E-state index in [0.717, 1.165) is 7.11 Å². The average Bonchev–Trinajstić information content (AvgIpc) is 2.28. The van der Waals surface area contributed by atoms with Crippen molar-refractivity contribution >= 4 is 5.97 Å². The Labute approximate surface area is 88.1 Å². The zero-order valence-electron chi connectivity index (χ0n) is 8.68. The van der Waals surface area contributed by atoms with E-state index in [1.165, 1.54) is 6.92 Å². The third-order valence-corrected chi connectivity index (χ3v) is 2.25. The first-order valence-corrected chi connectivity index (χ1v) is 4.54. The zero-order chi connectivity index (χ0) is 11.5. The number of rotatable bonds is 3. The van der Waals surface area contributed by atoms with Crippen LogP contribution in [0.5, 0.6) is 0 Å². The van der Waals surface area contributed by atoms with Crippen LogP contribution in [0, 0.1) is 0 Å². The topological polar surface area (TPSA) is 66.8 Å². The predicted octanol–water partition coefficient (Wildman–Crippen LogP) is 0.644. The molecule has 0 heterocycles. The molecule has 0 aliphatic carbocycles. The Morgan fingerprint density at radius 1 is 1.40 bits per heavy atom. The van der Waals surface area contributed by atoms with Crippen molar-refractivity contribution in [1.29, 1.82) is 0 Å². The van der Waals surface area contributed by atoms with E-state index in [1.807, 2.05) is 0 Å². The van der Waals surface area contributed by atoms with Gasteiger partial charge in [-0.25, -0.2) is 4.79 Å². The molecule has 0 saturated heterocycles. The number of esters is 1. The molecule has 0 unspecified atom stereocenters. The molecule has 2 atom stereocenters. The summed E-state index contributed by atoms with van der Waals surface area (Å²) in [5, 5.41) is 19.6. The van der Waals surface area contributed by atoms with Crippen LogP contribution in [0.15, 0.2) is 30.3 Å². The zero-order valence-corrected chi connectivity index (χ0v) is 8.68. The molecule has 2 N–H and O–H groups in total. The second-order valence-corrected chi connectivity index (χ2v) is 3.45. The van der Waals surface area contributed by atoms with Crippen molar-refractivity contribution in [3.05, 3.63) is 35.9 Å². The number of benzene rings is 1. The number of hydrogen-bond acceptors (Lipinski definition) is 4. The first-order valence-electron chi connectivity index (χ1n) is 4.54. The minimum Gasteiger partial charge on any atom is -0.467 e. The number of methoxy groups -OCH3 is 1. The fraction of sp³-hybridized carbons (Fsp3) is 0.364. The molecule has 82 valence electrons. The molecule has 0 bridgehead atoms. The van der Waals surface area contributed by atoms with E-state index >= 15 is 0 Å². The van der Waals surface area contributed by atoms with Crippen molar-refractivity contribution in [2.24, 2.45) is 0 Å². The predicted molar refractivity (Wildman–Crippen MR) is 54.0 cm³/mol. The highest BCUT2D eigenvalue weighted by Crippen LogP contribution is 2.26. The van der Waals surface area contributed by atoms with Crippen molar-refractivity contribution < 1.29 is 19.7 Å². The Morgan fingerprint density at radius 3 is 2.40 bits per heavy atom. The van der Waals surface area contributed by atoms with Crippen LogP contribution < -0.4 is 0 Å². The van der Waals surface area contributed by atoms with Gasteiger partial charge >= 0.3 is 5.97 Å². The summed E-state index contributed by atoms with van der Waals surface area (Å²) >= 11 is 0. The van der Waals surface area contributed by atoms with E-state index in [0.29, 0.717) is 5.56 Å². The van der Waals surface area contributed by atoms with E-state index in [-0.39, 0.29) is 0 Å². The highest BCUT2D eigenvalue weighted by Gasteiger charge is 2.40. The molecular weight excluding hydrogens is 196 g/mol. The lowest BCUT2D eigenvalue weighted by Gasteiger charge is -2.26. The van der Waals surface area contributed by atoms with E-state index in [2.05, 4.69) is 4.74 Å². The average molecular weight is 210 g/mol. The van der Waals surface area contributed by atoms with Crippen LogP contribution in [-0.2, 0) is 9.53 Å². The van der Waals surface area contributed by atoms with Crippen LogP contribution in [0.25, 0.3) is 0 Å². The molecular formula is C11H14O4. The first-order chi connectivity index (χ1) is 7.00. The molecule has 0 fully saturated rings. The Morgan fingerprint density at radius 2 is 1.93 bits per heavy atom. The Balaban J connectivity index is 2.94. The number of aliphatic hydroxyl groups excluding tert-OH is 1. The van der Waals surface area contributed by atoms with Gasteiger partial charge in [0, 0.05) is 0 Å². The summed E-state index contributed by atoms with van der Waals surface area (Å²) in [6.07, 6.45) is -1.30. The van der Waals surface area contributed by atoms with E-state index < -0.39 is 17.7 Å². The van der Waals surface area contributed by atoms with Crippen molar-refractivity contribution in [3.8, 4) is 0 Å². The van der Waals surface area contributed by atoms with Gasteiger partial charge in [0.05, 0.1) is 7.11 Å². The maximum absolute atomic E-state index is 11.2. The second-order valence-electron chi connectivity index (χ2n) is 3.45. The summed E-state index contributed by atoms with van der Waals surface area (Å²) < 4.78 is 4.41. The Hall–Kier alpha value is -1.39. The van der Waals surface area contributed by atoms with Crippen LogP contribution in [0.1, 0.15) is 18.6 Å². The van der Waals surface area contributed by atoms with Crippen LogP contribution in [0.3, 0.4) is 0 Å². The number of carbonyl (C=O) groups excluding carboxylic acids is 1. The van der Waals surface area contributed by atoms with Gasteiger partial charge in [-0.1, -0.05) is 30.3 Å². The van der Waals surface area contributed by atoms with Crippen LogP contribution >= 0.6 is 0 Å². The van der Waals surface area contributed by atoms with Crippen LogP contribution in [0.2, 0.25) is 0 Å². The first kappa shape index (κ1) is 11.7. The summed E-state index contributed by atoms with van der Waals surface area (Å²) in [5.74, 6) is -0.862. The van der Waals surface area contributed by atoms with Gasteiger partial charge in [-0.15, -0.1) is 0 Å². The third kappa shape index (κ3) is 2.34. The van der Waals surface area contributed by atoms with Crippen molar-refractivity contribution in [2.45, 2.75) is 18.6 Å². The molecule has 0 aromatic heterocycles. The monoisotopic (exact) mass is 210 g/mol. The molecule has 0 aliphatic heterocycles. The summed E-state index contributed by atoms with van der Waals surface area (Å²) in [6, 6.07) is 8.46. The molecule has 4 nitrogen and oxygen atoms in total. The Bertz CT molecular complexity index is 332. The highest BCUT2D eigenvalue weighted by atomic mass is 16.5. The van der Waals surface area contributed by atoms with Gasteiger partial charge in [-0.2, -0.15) is 0 Å². The van der Waals surface area contributed by atoms with Crippen molar-refractivity contribution in [2.75, 3.05) is 7.11 Å². The molecule has 0 radical (unpaired) electrons. The smallest absolute Gasteiger partial charge is 0.340 e. The fourth-order valence-corrected chi connectivity index (χ4v) is 1.28. The molecule has 1 aromatic carbocycles. The molecule has 1 rings (SSSR count). The minimum atomic E-state index is -1.93. The number of aliphatic hydroxyl groups is 2. The molecule has 15 heavy (non-hydrogen) atoms. The SMILES string of the molecule is COC(=O)[C@](C)(O)[C@@H](O)c1ccccc1. The molecule has 1 aromatic rings. The van der Waals surface area contributed by atoms with Crippen molar-refractivity contribution in [1.82, 2.24) is 0 Å². The van der Waals surface area contributed by atoms with Crippen molar-refractivity contribution in [3.63, 3.8) is 0 Å². The normalized spacial score (nSPS) is 16.5. The summed E-state index contributed by atoms with van der Waals surface area (Å²) in [5.41, 5.74) is -1.47. The molecule has 0 aliphatic rings. The summed E-state index contributed by atoms with van der Waals surface area (Å²) in [7, 11) is 1.16. The van der Waals surface area contributed by atoms with Gasteiger partial charge in [0.15, 0.2) is 5.60 Å². The minimum absolute atomic E-state index is 0.466. The van der Waals surface area contributed by atoms with E-state index in [4.69, 9.17) is 0 Å². The number of hydrogen-bond donors (Lipinski definition) is 2. The Kier molecular flexibility index (Phi) is 3.44. The lowest BCUT2D eigenvalue weighted by Crippen LogP contribution is -2.42. The van der Waals surface area contributed by atoms with Crippen LogP contribution in [-0.4, -0.2) is 28.9 Å². The highest BCUT2D eigenvalue weighted by molar-refractivity contribution is 5.79. The number of carbonyl (C=O) groups is 1. The van der Waals surface area contributed by atoms with E-state index in [9.17, 15) is 15.0 Å². The molecule has 0 saturated carbocycles. The largest absolute Gasteiger partial charge is 0.467 e. The van der Waals surface area contributed by atoms with Gasteiger partial charge in [-0.05, 0) is 12.5 Å². The van der Waals surface area contributed by atoms with Gasteiger partial charge in [0.1, 0.15) is 6.10 Å².